The highest BCUT2D eigenvalue weighted by Gasteiger charge is 2.65. The molecule has 1 fully saturated rings. The fourth-order valence-corrected chi connectivity index (χ4v) is 5.25. The van der Waals surface area contributed by atoms with Crippen LogP contribution in [0.1, 0.15) is 33.0 Å². The molecule has 0 radical (unpaired) electrons. The van der Waals surface area contributed by atoms with Crippen LogP contribution in [-0.2, 0) is 4.79 Å². The van der Waals surface area contributed by atoms with Crippen molar-refractivity contribution in [2.45, 2.75) is 24.9 Å². The van der Waals surface area contributed by atoms with Gasteiger partial charge >= 0.3 is 0 Å². The Labute approximate surface area is 192 Å². The van der Waals surface area contributed by atoms with Crippen LogP contribution in [0.2, 0.25) is 0 Å². The lowest BCUT2D eigenvalue weighted by molar-refractivity contribution is -0.125. The Bertz CT molecular complexity index is 1310. The first kappa shape index (κ1) is 20.7. The molecule has 0 spiro atoms. The molecule has 2 aliphatic heterocycles. The minimum Gasteiger partial charge on any atom is -0.368 e. The predicted octanol–water partition coefficient (Wildman–Crippen LogP) is 3.64. The Morgan fingerprint density at radius 2 is 1.85 bits per heavy atom. The number of primary amides is 1. The van der Waals surface area contributed by atoms with Gasteiger partial charge in [-0.2, -0.15) is 5.26 Å². The Morgan fingerprint density at radius 3 is 2.52 bits per heavy atom. The maximum Gasteiger partial charge on any atom is 0.241 e. The number of aryl methyl sites for hydroxylation is 1. The van der Waals surface area contributed by atoms with Crippen LogP contribution in [0, 0.1) is 23.7 Å². The first-order valence-corrected chi connectivity index (χ1v) is 10.8. The second kappa shape index (κ2) is 7.72. The van der Waals surface area contributed by atoms with Gasteiger partial charge in [-0.25, -0.2) is 0 Å². The van der Waals surface area contributed by atoms with Crippen LogP contribution >= 0.6 is 0 Å². The Balaban J connectivity index is 1.80. The van der Waals surface area contributed by atoms with Crippen LogP contribution < -0.4 is 10.6 Å². The lowest BCUT2D eigenvalue weighted by Crippen LogP contribution is -2.49. The monoisotopic (exact) mass is 434 g/mol. The molecule has 2 aromatic carbocycles. The molecule has 33 heavy (non-hydrogen) atoms. The number of carbonyl (C=O) groups excluding carboxylic acids is 2. The van der Waals surface area contributed by atoms with E-state index in [0.29, 0.717) is 11.1 Å². The zero-order valence-electron chi connectivity index (χ0n) is 18.1. The van der Waals surface area contributed by atoms with Crippen molar-refractivity contribution >= 4 is 23.5 Å². The summed E-state index contributed by atoms with van der Waals surface area (Å²) in [5, 5.41) is 10.5. The summed E-state index contributed by atoms with van der Waals surface area (Å²) >= 11 is 0. The number of Topliss-reactive ketones (excluding diaryl/α,β-unsaturated/α-hetero) is 1. The summed E-state index contributed by atoms with van der Waals surface area (Å²) in [6.07, 6.45) is 6.95. The molecule has 1 amide bonds. The van der Waals surface area contributed by atoms with E-state index in [2.05, 4.69) is 11.1 Å². The van der Waals surface area contributed by atoms with Crippen molar-refractivity contribution in [3.8, 4) is 6.07 Å². The third kappa shape index (κ3) is 2.97. The zero-order valence-corrected chi connectivity index (χ0v) is 18.1. The van der Waals surface area contributed by atoms with E-state index in [4.69, 9.17) is 5.73 Å². The second-order valence-electron chi connectivity index (χ2n) is 8.55. The molecule has 2 aliphatic rings. The summed E-state index contributed by atoms with van der Waals surface area (Å²) < 4.78 is 0. The number of rotatable bonds is 4. The number of nitrogens with two attached hydrogens (primary N) is 1. The first-order valence-electron chi connectivity index (χ1n) is 10.8. The fraction of sp³-hybridized carbons (Fsp3) is 0.185. The van der Waals surface area contributed by atoms with Gasteiger partial charge in [-0.05, 0) is 30.2 Å². The molecule has 0 unspecified atom stereocenters. The standard InChI is InChI=1S/C27H22N4O2/c1-17-8-10-19(11-9-17)25(32)24-23(20-6-4-14-30-15-20)27(16-28,26(29)33)22-13-12-18-5-2-3-7-21(18)31(22)24/h2-15,22-24H,1H3,(H2,29,33)/t22-,23+,24-,27+/m1/s1. The number of fused-ring (bicyclic) bond motifs is 3. The van der Waals surface area contributed by atoms with Crippen molar-refractivity contribution in [3.05, 3.63) is 101 Å². The molecule has 6 heteroatoms. The normalized spacial score (nSPS) is 25.1. The van der Waals surface area contributed by atoms with Gasteiger partial charge in [0.2, 0.25) is 5.91 Å². The summed E-state index contributed by atoms with van der Waals surface area (Å²) in [6, 6.07) is 19.3. The van der Waals surface area contributed by atoms with Crippen molar-refractivity contribution in [2.24, 2.45) is 11.1 Å². The molecule has 6 nitrogen and oxygen atoms in total. The molecule has 2 N–H and O–H groups in total. The summed E-state index contributed by atoms with van der Waals surface area (Å²) in [5.41, 5.74) is 8.20. The molecular weight excluding hydrogens is 412 g/mol. The van der Waals surface area contributed by atoms with Crippen LogP contribution in [0.25, 0.3) is 6.08 Å². The van der Waals surface area contributed by atoms with E-state index < -0.39 is 29.3 Å². The van der Waals surface area contributed by atoms with Gasteiger partial charge in [-0.3, -0.25) is 14.6 Å². The van der Waals surface area contributed by atoms with Crippen LogP contribution in [-0.4, -0.2) is 28.8 Å². The molecular formula is C27H22N4O2. The summed E-state index contributed by atoms with van der Waals surface area (Å²) in [7, 11) is 0. The molecule has 3 heterocycles. The van der Waals surface area contributed by atoms with Gasteiger partial charge in [0, 0.05) is 29.6 Å². The molecule has 1 aromatic heterocycles. The van der Waals surface area contributed by atoms with E-state index in [1.54, 1.807) is 36.7 Å². The molecule has 4 atom stereocenters. The average Bonchev–Trinajstić information content (AvgIpc) is 3.16. The summed E-state index contributed by atoms with van der Waals surface area (Å²) in [6.45, 7) is 1.96. The predicted molar refractivity (Wildman–Crippen MR) is 125 cm³/mol. The number of benzene rings is 2. The minimum atomic E-state index is -1.65. The van der Waals surface area contributed by atoms with Gasteiger partial charge in [-0.15, -0.1) is 0 Å². The Kier molecular flexibility index (Phi) is 4.83. The SMILES string of the molecule is Cc1ccc(C(=O)[C@H]2[C@H](c3cccnc3)[C@@](C#N)(C(N)=O)[C@H]3C=Cc4ccccc4N23)cc1. The third-order valence-electron chi connectivity index (χ3n) is 6.79. The highest BCUT2D eigenvalue weighted by Crippen LogP contribution is 2.55. The van der Waals surface area contributed by atoms with Gasteiger partial charge in [-0.1, -0.05) is 66.2 Å². The number of hydrogen-bond acceptors (Lipinski definition) is 5. The van der Waals surface area contributed by atoms with Crippen molar-refractivity contribution < 1.29 is 9.59 Å². The van der Waals surface area contributed by atoms with Crippen molar-refractivity contribution in [1.82, 2.24) is 4.98 Å². The van der Waals surface area contributed by atoms with Gasteiger partial charge in [0.25, 0.3) is 0 Å². The van der Waals surface area contributed by atoms with Crippen LogP contribution in [0.5, 0.6) is 0 Å². The van der Waals surface area contributed by atoms with Gasteiger partial charge in [0.05, 0.1) is 12.1 Å². The average molecular weight is 434 g/mol. The lowest BCUT2D eigenvalue weighted by atomic mass is 9.68. The summed E-state index contributed by atoms with van der Waals surface area (Å²) in [4.78, 5) is 33.3. The molecule has 0 bridgehead atoms. The molecule has 0 aliphatic carbocycles. The quantitative estimate of drug-likeness (QED) is 0.632. The van der Waals surface area contributed by atoms with Crippen LogP contribution in [0.4, 0.5) is 5.69 Å². The minimum absolute atomic E-state index is 0.169. The lowest BCUT2D eigenvalue weighted by Gasteiger charge is -2.36. The Morgan fingerprint density at radius 1 is 1.09 bits per heavy atom. The van der Waals surface area contributed by atoms with E-state index in [1.165, 1.54) is 0 Å². The number of para-hydroxylation sites is 1. The van der Waals surface area contributed by atoms with E-state index in [0.717, 1.165) is 16.8 Å². The van der Waals surface area contributed by atoms with Crippen LogP contribution in [0.15, 0.2) is 79.1 Å². The molecule has 3 aromatic rings. The number of amides is 1. The fourth-order valence-electron chi connectivity index (χ4n) is 5.25. The third-order valence-corrected chi connectivity index (χ3v) is 6.79. The number of aromatic nitrogens is 1. The molecule has 5 rings (SSSR count). The van der Waals surface area contributed by atoms with Crippen molar-refractivity contribution in [1.29, 1.82) is 5.26 Å². The number of nitriles is 1. The van der Waals surface area contributed by atoms with E-state index in [-0.39, 0.29) is 5.78 Å². The number of nitrogens with zero attached hydrogens (tertiary/aromatic N) is 3. The Hall–Kier alpha value is -4.24. The smallest absolute Gasteiger partial charge is 0.241 e. The maximum atomic E-state index is 14.1. The van der Waals surface area contributed by atoms with Gasteiger partial charge in [0.1, 0.15) is 6.04 Å². The number of carbonyl (C=O) groups is 2. The van der Waals surface area contributed by atoms with Crippen LogP contribution in [0.3, 0.4) is 0 Å². The topological polar surface area (TPSA) is 100 Å². The molecule has 1 saturated heterocycles. The highest BCUT2D eigenvalue weighted by molar-refractivity contribution is 6.06. The first-order chi connectivity index (χ1) is 16.0. The van der Waals surface area contributed by atoms with E-state index in [9.17, 15) is 14.9 Å². The number of anilines is 1. The number of hydrogen-bond donors (Lipinski definition) is 1. The maximum absolute atomic E-state index is 14.1. The van der Waals surface area contributed by atoms with E-state index in [1.807, 2.05) is 60.4 Å². The highest BCUT2D eigenvalue weighted by atomic mass is 16.1. The number of pyridine rings is 1. The van der Waals surface area contributed by atoms with Crippen molar-refractivity contribution in [3.63, 3.8) is 0 Å². The van der Waals surface area contributed by atoms with Gasteiger partial charge < -0.3 is 10.6 Å². The van der Waals surface area contributed by atoms with E-state index >= 15 is 0 Å². The van der Waals surface area contributed by atoms with Gasteiger partial charge in [0.15, 0.2) is 11.2 Å². The zero-order chi connectivity index (χ0) is 23.2. The molecule has 162 valence electrons. The molecule has 0 saturated carbocycles. The van der Waals surface area contributed by atoms with Crippen molar-refractivity contribution in [2.75, 3.05) is 4.90 Å². The largest absolute Gasteiger partial charge is 0.368 e. The number of ketones is 1. The summed E-state index contributed by atoms with van der Waals surface area (Å²) in [5.74, 6) is -1.72. The second-order valence-corrected chi connectivity index (χ2v) is 8.55.